The molecule has 0 unspecified atom stereocenters. The fourth-order valence-electron chi connectivity index (χ4n) is 3.30. The number of ether oxygens (including phenoxy) is 1. The van der Waals surface area contributed by atoms with Gasteiger partial charge in [0.1, 0.15) is 15.5 Å². The standard InChI is InChI=1S/C19H20N4O4S2/c1-27-15-7-3-2-6-13(15)14-12-17(22-21-14)20-19(24)18-16(8-11-28-18)29(25,26)23-9-4-5-10-23/h2-3,6-8,11-12H,4-5,9-10H2,1H3,(H2,20,21,22,24). The number of amides is 1. The fourth-order valence-corrected chi connectivity index (χ4v) is 6.11. The van der Waals surface area contributed by atoms with Gasteiger partial charge in [-0.05, 0) is 36.4 Å². The normalized spacial score (nSPS) is 14.8. The van der Waals surface area contributed by atoms with E-state index in [4.69, 9.17) is 4.74 Å². The van der Waals surface area contributed by atoms with Crippen LogP contribution in [0.4, 0.5) is 5.82 Å². The Morgan fingerprint density at radius 2 is 2.00 bits per heavy atom. The van der Waals surface area contributed by atoms with Crippen LogP contribution in [0, 0.1) is 0 Å². The highest BCUT2D eigenvalue weighted by molar-refractivity contribution is 7.89. The molecule has 3 heterocycles. The van der Waals surface area contributed by atoms with Crippen LogP contribution in [-0.4, -0.2) is 49.0 Å². The second kappa shape index (κ2) is 7.97. The first-order valence-corrected chi connectivity index (χ1v) is 11.4. The van der Waals surface area contributed by atoms with Gasteiger partial charge in [-0.2, -0.15) is 9.40 Å². The number of hydrogen-bond acceptors (Lipinski definition) is 6. The van der Waals surface area contributed by atoms with E-state index in [0.29, 0.717) is 30.4 Å². The molecule has 10 heteroatoms. The predicted molar refractivity (Wildman–Crippen MR) is 111 cm³/mol. The van der Waals surface area contributed by atoms with Crippen LogP contribution in [0.1, 0.15) is 22.5 Å². The molecular formula is C19H20N4O4S2. The Morgan fingerprint density at radius 3 is 2.76 bits per heavy atom. The van der Waals surface area contributed by atoms with Gasteiger partial charge in [-0.25, -0.2) is 8.42 Å². The van der Waals surface area contributed by atoms with Crippen LogP contribution in [0.5, 0.6) is 5.75 Å². The van der Waals surface area contributed by atoms with Crippen molar-refractivity contribution < 1.29 is 17.9 Å². The van der Waals surface area contributed by atoms with Crippen LogP contribution >= 0.6 is 11.3 Å². The average molecular weight is 433 g/mol. The number of sulfonamides is 1. The van der Waals surface area contributed by atoms with Crippen molar-refractivity contribution in [2.45, 2.75) is 17.7 Å². The zero-order valence-electron chi connectivity index (χ0n) is 15.7. The minimum absolute atomic E-state index is 0.0439. The third-order valence-electron chi connectivity index (χ3n) is 4.73. The summed E-state index contributed by atoms with van der Waals surface area (Å²) in [6, 6.07) is 10.6. The van der Waals surface area contributed by atoms with Crippen LogP contribution in [0.25, 0.3) is 11.3 Å². The van der Waals surface area contributed by atoms with Crippen LogP contribution in [0.15, 0.2) is 46.7 Å². The summed E-state index contributed by atoms with van der Waals surface area (Å²) in [5.41, 5.74) is 1.48. The van der Waals surface area contributed by atoms with Gasteiger partial charge < -0.3 is 10.1 Å². The van der Waals surface area contributed by atoms with Gasteiger partial charge in [0.25, 0.3) is 5.91 Å². The number of aromatic nitrogens is 2. The molecule has 1 fully saturated rings. The Bertz CT molecular complexity index is 1130. The Morgan fingerprint density at radius 1 is 1.24 bits per heavy atom. The van der Waals surface area contributed by atoms with Crippen molar-refractivity contribution in [1.29, 1.82) is 0 Å². The predicted octanol–water partition coefficient (Wildman–Crippen LogP) is 3.18. The van der Waals surface area contributed by atoms with E-state index in [-0.39, 0.29) is 9.77 Å². The zero-order chi connectivity index (χ0) is 20.4. The molecular weight excluding hydrogens is 412 g/mol. The third-order valence-corrected chi connectivity index (χ3v) is 7.72. The summed E-state index contributed by atoms with van der Waals surface area (Å²) in [5, 5.41) is 11.3. The molecule has 1 aromatic carbocycles. The molecule has 29 heavy (non-hydrogen) atoms. The summed E-state index contributed by atoms with van der Waals surface area (Å²) >= 11 is 1.10. The molecule has 1 saturated heterocycles. The number of nitrogens with zero attached hydrogens (tertiary/aromatic N) is 2. The minimum atomic E-state index is -3.67. The summed E-state index contributed by atoms with van der Waals surface area (Å²) in [5.74, 6) is 0.468. The molecule has 1 amide bonds. The van der Waals surface area contributed by atoms with Gasteiger partial charge in [0.2, 0.25) is 10.0 Å². The molecule has 8 nitrogen and oxygen atoms in total. The first kappa shape index (κ1) is 19.6. The van der Waals surface area contributed by atoms with Crippen molar-refractivity contribution in [3.63, 3.8) is 0 Å². The molecule has 3 aromatic rings. The summed E-state index contributed by atoms with van der Waals surface area (Å²) in [6.45, 7) is 0.974. The Balaban J connectivity index is 1.56. The van der Waals surface area contributed by atoms with Crippen LogP contribution in [-0.2, 0) is 10.0 Å². The number of aromatic amines is 1. The second-order valence-corrected chi connectivity index (χ2v) is 9.37. The smallest absolute Gasteiger partial charge is 0.268 e. The Hall–Kier alpha value is -2.69. The Kier molecular flexibility index (Phi) is 5.39. The molecule has 1 aliphatic heterocycles. The maximum Gasteiger partial charge on any atom is 0.268 e. The SMILES string of the molecule is COc1ccccc1-c1cc(NC(=O)c2sccc2S(=O)(=O)N2CCCC2)n[nH]1. The maximum absolute atomic E-state index is 12.8. The molecule has 4 rings (SSSR count). The van der Waals surface area contributed by atoms with E-state index >= 15 is 0 Å². The van der Waals surface area contributed by atoms with Crippen molar-refractivity contribution in [3.8, 4) is 17.0 Å². The number of benzene rings is 1. The number of methoxy groups -OCH3 is 1. The Labute approximate surface area is 172 Å². The quantitative estimate of drug-likeness (QED) is 0.623. The number of rotatable bonds is 6. The average Bonchev–Trinajstić information content (AvgIpc) is 3.49. The van der Waals surface area contributed by atoms with Crippen molar-refractivity contribution in [2.75, 3.05) is 25.5 Å². The lowest BCUT2D eigenvalue weighted by atomic mass is 10.1. The van der Waals surface area contributed by atoms with Gasteiger partial charge >= 0.3 is 0 Å². The van der Waals surface area contributed by atoms with Crippen LogP contribution in [0.2, 0.25) is 0 Å². The van der Waals surface area contributed by atoms with Gasteiger partial charge in [-0.15, -0.1) is 11.3 Å². The highest BCUT2D eigenvalue weighted by Gasteiger charge is 2.32. The second-order valence-electron chi connectivity index (χ2n) is 6.55. The third kappa shape index (κ3) is 3.78. The fraction of sp³-hybridized carbons (Fsp3) is 0.263. The monoisotopic (exact) mass is 432 g/mol. The maximum atomic E-state index is 12.8. The van der Waals surface area contributed by atoms with Gasteiger partial charge in [-0.3, -0.25) is 9.89 Å². The molecule has 152 valence electrons. The molecule has 0 atom stereocenters. The summed E-state index contributed by atoms with van der Waals surface area (Å²) in [6.07, 6.45) is 1.67. The van der Waals surface area contributed by atoms with Crippen molar-refractivity contribution in [3.05, 3.63) is 46.7 Å². The van der Waals surface area contributed by atoms with Gasteiger partial charge in [0, 0.05) is 24.7 Å². The first-order chi connectivity index (χ1) is 14.0. The molecule has 2 aromatic heterocycles. The van der Waals surface area contributed by atoms with E-state index < -0.39 is 15.9 Å². The van der Waals surface area contributed by atoms with E-state index in [9.17, 15) is 13.2 Å². The molecule has 0 bridgehead atoms. The highest BCUT2D eigenvalue weighted by Crippen LogP contribution is 2.31. The van der Waals surface area contributed by atoms with Gasteiger partial charge in [-0.1, -0.05) is 12.1 Å². The van der Waals surface area contributed by atoms with Crippen LogP contribution in [0.3, 0.4) is 0 Å². The van der Waals surface area contributed by atoms with E-state index in [1.165, 1.54) is 10.4 Å². The van der Waals surface area contributed by atoms with Gasteiger partial charge in [0.05, 0.1) is 12.8 Å². The zero-order valence-corrected chi connectivity index (χ0v) is 17.3. The number of carbonyl (C=O) groups is 1. The van der Waals surface area contributed by atoms with Crippen molar-refractivity contribution >= 4 is 33.1 Å². The number of hydrogen-bond donors (Lipinski definition) is 2. The summed E-state index contributed by atoms with van der Waals surface area (Å²) in [4.78, 5) is 13.0. The topological polar surface area (TPSA) is 104 Å². The number of H-pyrrole nitrogens is 1. The summed E-state index contributed by atoms with van der Waals surface area (Å²) < 4.78 is 32.5. The molecule has 0 saturated carbocycles. The van der Waals surface area contributed by atoms with Crippen molar-refractivity contribution in [2.24, 2.45) is 0 Å². The molecule has 0 spiro atoms. The minimum Gasteiger partial charge on any atom is -0.496 e. The number of anilines is 1. The van der Waals surface area contributed by atoms with E-state index in [1.54, 1.807) is 18.6 Å². The lowest BCUT2D eigenvalue weighted by molar-refractivity contribution is 0.102. The molecule has 2 N–H and O–H groups in total. The number of thiophene rings is 1. The molecule has 1 aliphatic rings. The number of para-hydroxylation sites is 1. The number of nitrogens with one attached hydrogen (secondary N) is 2. The van der Waals surface area contributed by atoms with E-state index in [2.05, 4.69) is 15.5 Å². The highest BCUT2D eigenvalue weighted by atomic mass is 32.2. The van der Waals surface area contributed by atoms with E-state index in [0.717, 1.165) is 29.7 Å². The van der Waals surface area contributed by atoms with E-state index in [1.807, 2.05) is 24.3 Å². The first-order valence-electron chi connectivity index (χ1n) is 9.08. The van der Waals surface area contributed by atoms with Gasteiger partial charge in [0.15, 0.2) is 5.82 Å². The van der Waals surface area contributed by atoms with Crippen LogP contribution < -0.4 is 10.1 Å². The summed E-state index contributed by atoms with van der Waals surface area (Å²) in [7, 11) is -2.09. The largest absolute Gasteiger partial charge is 0.496 e. The number of carbonyl (C=O) groups excluding carboxylic acids is 1. The lowest BCUT2D eigenvalue weighted by Gasteiger charge is -2.15. The van der Waals surface area contributed by atoms with Crippen molar-refractivity contribution in [1.82, 2.24) is 14.5 Å². The molecule has 0 aliphatic carbocycles. The molecule has 0 radical (unpaired) electrons. The lowest BCUT2D eigenvalue weighted by Crippen LogP contribution is -2.29.